The Bertz CT molecular complexity index is 574. The lowest BCUT2D eigenvalue weighted by Crippen LogP contribution is -2.40. The van der Waals surface area contributed by atoms with E-state index in [0.29, 0.717) is 12.5 Å². The average Bonchev–Trinajstić information content (AvgIpc) is 2.27. The van der Waals surface area contributed by atoms with E-state index in [0.717, 1.165) is 12.1 Å². The molecule has 0 fully saturated rings. The van der Waals surface area contributed by atoms with Crippen LogP contribution in [-0.2, 0) is 14.8 Å². The number of carboxylic acid groups (broad SMARTS) is 1. The lowest BCUT2D eigenvalue weighted by atomic mass is 10.2. The Morgan fingerprint density at radius 1 is 1.42 bits per heavy atom. The molecule has 0 aliphatic rings. The van der Waals surface area contributed by atoms with Crippen molar-refractivity contribution in [3.63, 3.8) is 0 Å². The summed E-state index contributed by atoms with van der Waals surface area (Å²) in [5, 5.41) is 8.85. The van der Waals surface area contributed by atoms with E-state index in [9.17, 15) is 22.0 Å². The van der Waals surface area contributed by atoms with Gasteiger partial charge in [-0.3, -0.25) is 4.79 Å². The fourth-order valence-electron chi connectivity index (χ4n) is 1.47. The van der Waals surface area contributed by atoms with Crippen LogP contribution >= 0.6 is 0 Å². The van der Waals surface area contributed by atoms with Crippen molar-refractivity contribution in [2.75, 3.05) is 0 Å². The zero-order chi connectivity index (χ0) is 14.6. The summed E-state index contributed by atoms with van der Waals surface area (Å²) >= 11 is 0. The Morgan fingerprint density at radius 2 is 2.05 bits per heavy atom. The van der Waals surface area contributed by atoms with E-state index in [2.05, 4.69) is 0 Å². The van der Waals surface area contributed by atoms with E-state index < -0.39 is 38.6 Å². The Hall–Kier alpha value is -1.54. The van der Waals surface area contributed by atoms with Gasteiger partial charge in [-0.1, -0.05) is 13.3 Å². The van der Waals surface area contributed by atoms with Crippen LogP contribution in [0.5, 0.6) is 0 Å². The Labute approximate surface area is 109 Å². The van der Waals surface area contributed by atoms with Crippen LogP contribution in [0.4, 0.5) is 8.78 Å². The number of carbonyl (C=O) groups is 1. The molecule has 1 aromatic rings. The summed E-state index contributed by atoms with van der Waals surface area (Å²) in [6, 6.07) is 0.606. The highest BCUT2D eigenvalue weighted by molar-refractivity contribution is 7.89. The number of aliphatic carboxylic acids is 1. The third-order valence-electron chi connectivity index (χ3n) is 2.36. The topological polar surface area (TPSA) is 83.5 Å². The van der Waals surface area contributed by atoms with Crippen molar-refractivity contribution in [2.45, 2.75) is 30.7 Å². The van der Waals surface area contributed by atoms with Gasteiger partial charge in [0.1, 0.15) is 22.6 Å². The number of hydrogen-bond donors (Lipinski definition) is 2. The summed E-state index contributed by atoms with van der Waals surface area (Å²) in [4.78, 5) is 10.1. The van der Waals surface area contributed by atoms with E-state index in [-0.39, 0.29) is 6.42 Å². The van der Waals surface area contributed by atoms with Crippen molar-refractivity contribution in [1.29, 1.82) is 0 Å². The van der Waals surface area contributed by atoms with E-state index in [1.54, 1.807) is 6.92 Å². The highest BCUT2D eigenvalue weighted by Crippen LogP contribution is 2.16. The SMILES string of the molecule is CCC[C@H](NS(=O)(=O)c1ccc(F)cc1F)C(=O)O. The number of benzene rings is 1. The Kier molecular flexibility index (Phi) is 4.96. The van der Waals surface area contributed by atoms with Crippen LogP contribution in [0.25, 0.3) is 0 Å². The summed E-state index contributed by atoms with van der Waals surface area (Å²) in [5.74, 6) is -3.54. The second kappa shape index (κ2) is 6.07. The van der Waals surface area contributed by atoms with Crippen LogP contribution in [0.1, 0.15) is 19.8 Å². The molecular weight excluding hydrogens is 280 g/mol. The quantitative estimate of drug-likeness (QED) is 0.832. The second-order valence-electron chi connectivity index (χ2n) is 3.88. The molecule has 106 valence electrons. The summed E-state index contributed by atoms with van der Waals surface area (Å²) in [7, 11) is -4.35. The minimum atomic E-state index is -4.35. The molecule has 0 amide bonds. The van der Waals surface area contributed by atoms with Crippen LogP contribution in [0.15, 0.2) is 23.1 Å². The van der Waals surface area contributed by atoms with E-state index in [1.165, 1.54) is 0 Å². The first-order valence-corrected chi connectivity index (χ1v) is 6.96. The first kappa shape index (κ1) is 15.5. The standard InChI is InChI=1S/C11H13F2NO4S/c1-2-3-9(11(15)16)14-19(17,18)10-5-4-7(12)6-8(10)13/h4-6,9,14H,2-3H2,1H3,(H,15,16)/t9-/m0/s1. The summed E-state index contributed by atoms with van der Waals surface area (Å²) in [5.41, 5.74) is 0. The molecule has 0 bridgehead atoms. The smallest absolute Gasteiger partial charge is 0.321 e. The molecule has 0 spiro atoms. The van der Waals surface area contributed by atoms with Gasteiger partial charge in [0.2, 0.25) is 10.0 Å². The molecule has 0 saturated heterocycles. The normalized spacial score (nSPS) is 13.2. The van der Waals surface area contributed by atoms with Crippen LogP contribution in [0.3, 0.4) is 0 Å². The van der Waals surface area contributed by atoms with Gasteiger partial charge in [-0.25, -0.2) is 17.2 Å². The van der Waals surface area contributed by atoms with Gasteiger partial charge in [0.05, 0.1) is 0 Å². The van der Waals surface area contributed by atoms with Crippen LogP contribution in [0.2, 0.25) is 0 Å². The maximum atomic E-state index is 13.4. The van der Waals surface area contributed by atoms with E-state index >= 15 is 0 Å². The molecule has 0 heterocycles. The lowest BCUT2D eigenvalue weighted by molar-refractivity contribution is -0.139. The third-order valence-corrected chi connectivity index (χ3v) is 3.86. The zero-order valence-corrected chi connectivity index (χ0v) is 10.9. The number of rotatable bonds is 6. The zero-order valence-electron chi connectivity index (χ0n) is 10.1. The summed E-state index contributed by atoms with van der Waals surface area (Å²) in [6.07, 6.45) is 0.503. The molecule has 0 aromatic heterocycles. The number of halogens is 2. The predicted molar refractivity (Wildman–Crippen MR) is 63.0 cm³/mol. The van der Waals surface area contributed by atoms with Crippen molar-refractivity contribution in [1.82, 2.24) is 4.72 Å². The van der Waals surface area contributed by atoms with Crippen molar-refractivity contribution < 1.29 is 27.1 Å². The average molecular weight is 293 g/mol. The van der Waals surface area contributed by atoms with E-state index in [4.69, 9.17) is 5.11 Å². The molecule has 0 unspecified atom stereocenters. The molecule has 19 heavy (non-hydrogen) atoms. The van der Waals surface area contributed by atoms with E-state index in [1.807, 2.05) is 4.72 Å². The van der Waals surface area contributed by atoms with Crippen LogP contribution < -0.4 is 4.72 Å². The van der Waals surface area contributed by atoms with Crippen LogP contribution in [-0.4, -0.2) is 25.5 Å². The summed E-state index contributed by atoms with van der Waals surface area (Å²) < 4.78 is 51.6. The number of carboxylic acids is 1. The number of hydrogen-bond acceptors (Lipinski definition) is 3. The minimum Gasteiger partial charge on any atom is -0.480 e. The molecular formula is C11H13F2NO4S. The van der Waals surface area contributed by atoms with Gasteiger partial charge in [0.25, 0.3) is 0 Å². The van der Waals surface area contributed by atoms with Gasteiger partial charge in [0, 0.05) is 6.07 Å². The molecule has 5 nitrogen and oxygen atoms in total. The first-order valence-electron chi connectivity index (χ1n) is 5.48. The monoisotopic (exact) mass is 293 g/mol. The molecule has 1 atom stereocenters. The van der Waals surface area contributed by atoms with Gasteiger partial charge < -0.3 is 5.11 Å². The molecule has 1 aromatic carbocycles. The molecule has 2 N–H and O–H groups in total. The van der Waals surface area contributed by atoms with Crippen molar-refractivity contribution >= 4 is 16.0 Å². The minimum absolute atomic E-state index is 0.0668. The second-order valence-corrected chi connectivity index (χ2v) is 5.56. The Morgan fingerprint density at radius 3 is 2.53 bits per heavy atom. The molecule has 0 aliphatic carbocycles. The highest BCUT2D eigenvalue weighted by atomic mass is 32.2. The van der Waals surface area contributed by atoms with Crippen molar-refractivity contribution in [3.8, 4) is 0 Å². The largest absolute Gasteiger partial charge is 0.480 e. The fraction of sp³-hybridized carbons (Fsp3) is 0.364. The molecule has 0 aliphatic heterocycles. The molecule has 8 heteroatoms. The van der Waals surface area contributed by atoms with Gasteiger partial charge in [-0.15, -0.1) is 0 Å². The van der Waals surface area contributed by atoms with Gasteiger partial charge >= 0.3 is 5.97 Å². The third kappa shape index (κ3) is 3.97. The summed E-state index contributed by atoms with van der Waals surface area (Å²) in [6.45, 7) is 1.68. The Balaban J connectivity index is 3.06. The van der Waals surface area contributed by atoms with Crippen LogP contribution in [0, 0.1) is 11.6 Å². The maximum absolute atomic E-state index is 13.4. The highest BCUT2D eigenvalue weighted by Gasteiger charge is 2.26. The van der Waals surface area contributed by atoms with Gasteiger partial charge in [-0.2, -0.15) is 4.72 Å². The fourth-order valence-corrected chi connectivity index (χ4v) is 2.75. The predicted octanol–water partition coefficient (Wildman–Crippen LogP) is 1.50. The van der Waals surface area contributed by atoms with Crippen molar-refractivity contribution in [3.05, 3.63) is 29.8 Å². The van der Waals surface area contributed by atoms with Crippen molar-refractivity contribution in [2.24, 2.45) is 0 Å². The number of sulfonamides is 1. The number of nitrogens with one attached hydrogen (secondary N) is 1. The molecule has 0 radical (unpaired) electrons. The maximum Gasteiger partial charge on any atom is 0.321 e. The lowest BCUT2D eigenvalue weighted by Gasteiger charge is -2.14. The molecule has 0 saturated carbocycles. The molecule has 1 rings (SSSR count). The van der Waals surface area contributed by atoms with Gasteiger partial charge in [0.15, 0.2) is 0 Å². The first-order chi connectivity index (χ1) is 8.77. The van der Waals surface area contributed by atoms with Gasteiger partial charge in [-0.05, 0) is 18.6 Å².